The molecule has 1 saturated carbocycles. The molecule has 1 aromatic heterocycles. The molecular weight excluding hydrogens is 497 g/mol. The molecule has 0 aliphatic heterocycles. The number of thioether (sulfide) groups is 1. The van der Waals surface area contributed by atoms with Crippen LogP contribution in [0.15, 0.2) is 64.5 Å². The van der Waals surface area contributed by atoms with Crippen LogP contribution in [0, 0.1) is 35.7 Å². The van der Waals surface area contributed by atoms with Gasteiger partial charge in [-0.25, -0.2) is 21.2 Å². The zero-order valence-corrected chi connectivity index (χ0v) is 19.9. The van der Waals surface area contributed by atoms with Crippen molar-refractivity contribution in [1.29, 1.82) is 5.26 Å². The van der Waals surface area contributed by atoms with E-state index >= 15 is 8.78 Å². The van der Waals surface area contributed by atoms with Crippen molar-refractivity contribution in [2.75, 3.05) is 0 Å². The van der Waals surface area contributed by atoms with Gasteiger partial charge >= 0.3 is 0 Å². The monoisotopic (exact) mass is 514 g/mol. The molecule has 178 valence electrons. The van der Waals surface area contributed by atoms with Crippen LogP contribution in [0.5, 0.6) is 11.5 Å². The Bertz CT molecular complexity index is 1620. The highest BCUT2D eigenvalue weighted by Gasteiger charge is 2.32. The maximum Gasteiger partial charge on any atom is 0.268 e. The fourth-order valence-electron chi connectivity index (χ4n) is 3.59. The molecule has 1 fully saturated rings. The number of nitriles is 1. The molecule has 0 saturated heterocycles. The Morgan fingerprint density at radius 1 is 1.06 bits per heavy atom. The first-order valence-corrected chi connectivity index (χ1v) is 12.9. The van der Waals surface area contributed by atoms with E-state index in [4.69, 9.17) is 10.00 Å². The number of aromatic nitrogens is 1. The zero-order chi connectivity index (χ0) is 24.9. The highest BCUT2D eigenvalue weighted by atomic mass is 32.2. The molecule has 35 heavy (non-hydrogen) atoms. The Hall–Kier alpha value is -3.42. The fraction of sp³-hybridized carbons (Fsp3) is 0.160. The predicted molar refractivity (Wildman–Crippen MR) is 126 cm³/mol. The van der Waals surface area contributed by atoms with Crippen molar-refractivity contribution in [1.82, 2.24) is 3.97 Å². The number of benzene rings is 3. The molecule has 5 rings (SSSR count). The van der Waals surface area contributed by atoms with Gasteiger partial charge < -0.3 is 4.74 Å². The van der Waals surface area contributed by atoms with Crippen LogP contribution in [0.4, 0.5) is 13.2 Å². The zero-order valence-electron chi connectivity index (χ0n) is 18.3. The van der Waals surface area contributed by atoms with Crippen LogP contribution in [-0.4, -0.2) is 17.6 Å². The second-order valence-corrected chi connectivity index (χ2v) is 11.3. The van der Waals surface area contributed by atoms with Crippen molar-refractivity contribution < 1.29 is 26.3 Å². The number of nitrogens with zero attached hydrogens (tertiary/aromatic N) is 2. The first-order valence-electron chi connectivity index (χ1n) is 10.6. The summed E-state index contributed by atoms with van der Waals surface area (Å²) in [6.07, 6.45) is 2.92. The van der Waals surface area contributed by atoms with E-state index in [-0.39, 0.29) is 31.7 Å². The average molecular weight is 515 g/mol. The van der Waals surface area contributed by atoms with E-state index in [1.54, 1.807) is 25.1 Å². The Kier molecular flexibility index (Phi) is 5.77. The minimum atomic E-state index is -4.21. The van der Waals surface area contributed by atoms with Gasteiger partial charge in [0.2, 0.25) is 5.82 Å². The number of ether oxygens (including phenoxy) is 1. The predicted octanol–water partition coefficient (Wildman–Crippen LogP) is 6.52. The standard InChI is InChI=1S/C25H17F3N2O3S2/c1-14-2-7-18(8-3-14)35(31,32)30-11-10-19-23(30)21(27)22(28)24(25(19)34-17-5-6-17)33-16-4-9-20(26)15(12-16)13-29/h2-4,7-12,17H,5-6H2,1H3. The highest BCUT2D eigenvalue weighted by molar-refractivity contribution is 8.00. The number of rotatable bonds is 6. The minimum absolute atomic E-state index is 0.0510. The van der Waals surface area contributed by atoms with Gasteiger partial charge in [0, 0.05) is 22.9 Å². The van der Waals surface area contributed by atoms with Crippen LogP contribution in [0.25, 0.3) is 10.9 Å². The molecule has 3 aromatic carbocycles. The van der Waals surface area contributed by atoms with E-state index < -0.39 is 38.7 Å². The SMILES string of the molecule is Cc1ccc(S(=O)(=O)n2ccc3c(SC4CC4)c(Oc4ccc(F)c(C#N)c4)c(F)c(F)c32)cc1. The maximum absolute atomic E-state index is 15.5. The van der Waals surface area contributed by atoms with Gasteiger partial charge in [-0.15, -0.1) is 11.8 Å². The first-order chi connectivity index (χ1) is 16.7. The van der Waals surface area contributed by atoms with E-state index in [2.05, 4.69) is 0 Å². The summed E-state index contributed by atoms with van der Waals surface area (Å²) in [4.78, 5) is 0.176. The van der Waals surface area contributed by atoms with Crippen LogP contribution >= 0.6 is 11.8 Å². The lowest BCUT2D eigenvalue weighted by molar-refractivity contribution is 0.409. The molecule has 1 aliphatic carbocycles. The van der Waals surface area contributed by atoms with Gasteiger partial charge in [-0.2, -0.15) is 9.65 Å². The summed E-state index contributed by atoms with van der Waals surface area (Å²) in [5.74, 6) is -4.02. The van der Waals surface area contributed by atoms with Gasteiger partial charge in [-0.05, 0) is 50.1 Å². The summed E-state index contributed by atoms with van der Waals surface area (Å²) in [5, 5.41) is 9.39. The molecule has 0 amide bonds. The van der Waals surface area contributed by atoms with Crippen molar-refractivity contribution >= 4 is 32.7 Å². The minimum Gasteiger partial charge on any atom is -0.453 e. The Labute approximate surface area is 203 Å². The van der Waals surface area contributed by atoms with E-state index in [9.17, 15) is 12.8 Å². The smallest absolute Gasteiger partial charge is 0.268 e. The highest BCUT2D eigenvalue weighted by Crippen LogP contribution is 2.49. The van der Waals surface area contributed by atoms with Crippen molar-refractivity contribution in [2.45, 2.75) is 34.8 Å². The van der Waals surface area contributed by atoms with Crippen molar-refractivity contribution in [3.8, 4) is 17.6 Å². The second kappa shape index (κ2) is 8.66. The third-order valence-corrected chi connectivity index (χ3v) is 8.70. The molecular formula is C25H17F3N2O3S2. The normalized spacial score (nSPS) is 13.7. The number of halogens is 3. The topological polar surface area (TPSA) is 72.1 Å². The quantitative estimate of drug-likeness (QED) is 0.293. The van der Waals surface area contributed by atoms with Crippen molar-refractivity contribution in [3.63, 3.8) is 0 Å². The van der Waals surface area contributed by atoms with E-state index in [1.165, 1.54) is 42.2 Å². The lowest BCUT2D eigenvalue weighted by Gasteiger charge is -2.16. The van der Waals surface area contributed by atoms with Crippen LogP contribution in [0.2, 0.25) is 0 Å². The Balaban J connectivity index is 1.70. The molecule has 0 atom stereocenters. The Morgan fingerprint density at radius 2 is 1.77 bits per heavy atom. The van der Waals surface area contributed by atoms with Gasteiger partial charge in [0.1, 0.15) is 23.2 Å². The van der Waals surface area contributed by atoms with Gasteiger partial charge in [-0.3, -0.25) is 0 Å². The molecule has 1 aliphatic rings. The summed E-state index contributed by atoms with van der Waals surface area (Å²) in [6.45, 7) is 1.81. The largest absolute Gasteiger partial charge is 0.453 e. The molecule has 5 nitrogen and oxygen atoms in total. The van der Waals surface area contributed by atoms with Gasteiger partial charge in [0.15, 0.2) is 11.6 Å². The third-order valence-electron chi connectivity index (χ3n) is 5.57. The summed E-state index contributed by atoms with van der Waals surface area (Å²) < 4.78 is 77.5. The van der Waals surface area contributed by atoms with Gasteiger partial charge in [0.25, 0.3) is 10.0 Å². The van der Waals surface area contributed by atoms with Crippen molar-refractivity contribution in [2.24, 2.45) is 0 Å². The van der Waals surface area contributed by atoms with E-state index in [1.807, 2.05) is 0 Å². The molecule has 0 radical (unpaired) electrons. The number of fused-ring (bicyclic) bond motifs is 1. The Morgan fingerprint density at radius 3 is 2.43 bits per heavy atom. The van der Waals surface area contributed by atoms with E-state index in [0.717, 1.165) is 34.5 Å². The van der Waals surface area contributed by atoms with Crippen molar-refractivity contribution in [3.05, 3.63) is 83.3 Å². The lowest BCUT2D eigenvalue weighted by atomic mass is 10.2. The van der Waals surface area contributed by atoms with E-state index in [0.29, 0.717) is 0 Å². The average Bonchev–Trinajstić information content (AvgIpc) is 3.55. The summed E-state index contributed by atoms with van der Waals surface area (Å²) in [5.41, 5.74) is 0.121. The second-order valence-electron chi connectivity index (χ2n) is 8.15. The van der Waals surface area contributed by atoms with Crippen LogP contribution in [-0.2, 0) is 10.0 Å². The van der Waals surface area contributed by atoms with Crippen LogP contribution in [0.3, 0.4) is 0 Å². The van der Waals surface area contributed by atoms with Gasteiger partial charge in [-0.1, -0.05) is 17.7 Å². The number of hydrogen-bond acceptors (Lipinski definition) is 5. The lowest BCUT2D eigenvalue weighted by Crippen LogP contribution is -2.13. The molecule has 0 bridgehead atoms. The van der Waals surface area contributed by atoms with Crippen LogP contribution < -0.4 is 4.74 Å². The molecule has 4 aromatic rings. The summed E-state index contributed by atoms with van der Waals surface area (Å²) in [6, 6.07) is 12.4. The maximum atomic E-state index is 15.5. The van der Waals surface area contributed by atoms with Gasteiger partial charge in [0.05, 0.1) is 15.4 Å². The molecule has 10 heteroatoms. The molecule has 1 heterocycles. The molecule has 0 N–H and O–H groups in total. The number of aryl methyl sites for hydroxylation is 1. The summed E-state index contributed by atoms with van der Waals surface area (Å²) >= 11 is 1.26. The first kappa shape index (κ1) is 23.3. The number of hydrogen-bond donors (Lipinski definition) is 0. The fourth-order valence-corrected chi connectivity index (χ4v) is 6.18. The molecule has 0 spiro atoms. The molecule has 0 unspecified atom stereocenters. The summed E-state index contributed by atoms with van der Waals surface area (Å²) in [7, 11) is -4.21. The van der Waals surface area contributed by atoms with Crippen LogP contribution in [0.1, 0.15) is 24.0 Å². The third kappa shape index (κ3) is 4.15.